The number of carbonyl (C=O) groups excluding carboxylic acids is 1. The van der Waals surface area contributed by atoms with Crippen molar-refractivity contribution in [3.05, 3.63) is 59.2 Å². The van der Waals surface area contributed by atoms with E-state index in [4.69, 9.17) is 0 Å². The third kappa shape index (κ3) is 2.23. The highest BCUT2D eigenvalue weighted by Gasteiger charge is 2.09. The van der Waals surface area contributed by atoms with Crippen molar-refractivity contribution in [2.45, 2.75) is 6.92 Å². The number of rotatable bonds is 2. The minimum atomic E-state index is -0.450. The lowest BCUT2D eigenvalue weighted by Crippen LogP contribution is -1.92. The molecule has 0 unspecified atom stereocenters. The van der Waals surface area contributed by atoms with Gasteiger partial charge < -0.3 is 0 Å². The van der Waals surface area contributed by atoms with Crippen LogP contribution < -0.4 is 0 Å². The van der Waals surface area contributed by atoms with Crippen LogP contribution in [0.15, 0.2) is 36.4 Å². The summed E-state index contributed by atoms with van der Waals surface area (Å²) >= 11 is 0. The fraction of sp³-hybridized carbons (Fsp3) is 0.0714. The molecular weight excluding hydrogens is 222 g/mol. The summed E-state index contributed by atoms with van der Waals surface area (Å²) in [4.78, 5) is 10.9. The van der Waals surface area contributed by atoms with Gasteiger partial charge in [-0.1, -0.05) is 6.07 Å². The molecule has 0 aliphatic carbocycles. The number of aryl methyl sites for hydroxylation is 1. The molecule has 0 fully saturated rings. The Morgan fingerprint density at radius 1 is 0.941 bits per heavy atom. The Bertz CT molecular complexity index is 576. The molecule has 0 saturated carbocycles. The van der Waals surface area contributed by atoms with Crippen LogP contribution in [-0.2, 0) is 0 Å². The zero-order valence-electron chi connectivity index (χ0n) is 9.21. The summed E-state index contributed by atoms with van der Waals surface area (Å²) in [6, 6.07) is 8.08. The van der Waals surface area contributed by atoms with Crippen LogP contribution in [0.2, 0.25) is 0 Å². The van der Waals surface area contributed by atoms with Crippen molar-refractivity contribution >= 4 is 6.29 Å². The number of carbonyl (C=O) groups is 1. The quantitative estimate of drug-likeness (QED) is 0.720. The first-order valence-electron chi connectivity index (χ1n) is 5.13. The monoisotopic (exact) mass is 232 g/mol. The van der Waals surface area contributed by atoms with Crippen LogP contribution >= 0.6 is 0 Å². The van der Waals surface area contributed by atoms with Crippen LogP contribution in [0.1, 0.15) is 15.9 Å². The smallest absolute Gasteiger partial charge is 0.150 e. The zero-order valence-corrected chi connectivity index (χ0v) is 9.21. The van der Waals surface area contributed by atoms with E-state index in [-0.39, 0.29) is 0 Å². The summed E-state index contributed by atoms with van der Waals surface area (Å²) in [5.41, 5.74) is 2.09. The molecule has 0 spiro atoms. The van der Waals surface area contributed by atoms with E-state index in [0.29, 0.717) is 23.0 Å². The summed E-state index contributed by atoms with van der Waals surface area (Å²) in [6.07, 6.45) is 0.638. The fourth-order valence-electron chi connectivity index (χ4n) is 1.75. The maximum Gasteiger partial charge on any atom is 0.150 e. The van der Waals surface area contributed by atoms with Crippen molar-refractivity contribution < 1.29 is 13.6 Å². The first-order chi connectivity index (χ1) is 8.11. The third-order valence-corrected chi connectivity index (χ3v) is 2.63. The molecule has 0 amide bonds. The number of benzene rings is 2. The molecule has 0 N–H and O–H groups in total. The van der Waals surface area contributed by atoms with E-state index in [9.17, 15) is 13.6 Å². The molecule has 1 nitrogen and oxygen atoms in total. The van der Waals surface area contributed by atoms with Crippen LogP contribution in [0.3, 0.4) is 0 Å². The molecule has 2 aromatic carbocycles. The Hall–Kier alpha value is -2.03. The van der Waals surface area contributed by atoms with Crippen LogP contribution in [-0.4, -0.2) is 6.29 Å². The maximum absolute atomic E-state index is 13.2. The molecule has 0 radical (unpaired) electrons. The van der Waals surface area contributed by atoms with Crippen molar-refractivity contribution in [1.82, 2.24) is 0 Å². The third-order valence-electron chi connectivity index (χ3n) is 2.63. The molecule has 0 heterocycles. The molecule has 17 heavy (non-hydrogen) atoms. The van der Waals surface area contributed by atoms with Crippen LogP contribution in [0, 0.1) is 18.6 Å². The topological polar surface area (TPSA) is 17.1 Å². The Balaban J connectivity index is 2.70. The molecule has 0 aliphatic rings. The summed E-state index contributed by atoms with van der Waals surface area (Å²) in [5.74, 6) is -0.860. The minimum absolute atomic E-state index is 0.347. The fourth-order valence-corrected chi connectivity index (χ4v) is 1.75. The lowest BCUT2D eigenvalue weighted by Gasteiger charge is -2.08. The van der Waals surface area contributed by atoms with Crippen molar-refractivity contribution in [2.24, 2.45) is 0 Å². The molecule has 2 aromatic rings. The van der Waals surface area contributed by atoms with Gasteiger partial charge in [-0.2, -0.15) is 0 Å². The summed E-state index contributed by atoms with van der Waals surface area (Å²) in [5, 5.41) is 0. The average molecular weight is 232 g/mol. The van der Waals surface area contributed by atoms with Gasteiger partial charge >= 0.3 is 0 Å². The van der Waals surface area contributed by atoms with Gasteiger partial charge in [-0.25, -0.2) is 8.78 Å². The Morgan fingerprint density at radius 3 is 2.18 bits per heavy atom. The molecular formula is C14H10F2O. The van der Waals surface area contributed by atoms with Crippen LogP contribution in [0.25, 0.3) is 11.1 Å². The SMILES string of the molecule is Cc1ccc(F)cc1-c1cc(F)ccc1C=O. The molecule has 3 heteroatoms. The first kappa shape index (κ1) is 11.5. The predicted molar refractivity (Wildman–Crippen MR) is 61.9 cm³/mol. The molecule has 0 aliphatic heterocycles. The second-order valence-electron chi connectivity index (χ2n) is 3.81. The average Bonchev–Trinajstić information content (AvgIpc) is 2.32. The molecule has 86 valence electrons. The number of halogens is 2. The number of hydrogen-bond acceptors (Lipinski definition) is 1. The van der Waals surface area contributed by atoms with E-state index in [0.717, 1.165) is 5.56 Å². The van der Waals surface area contributed by atoms with Crippen molar-refractivity contribution in [2.75, 3.05) is 0 Å². The van der Waals surface area contributed by atoms with E-state index >= 15 is 0 Å². The summed E-state index contributed by atoms with van der Waals surface area (Å²) < 4.78 is 26.4. The Morgan fingerprint density at radius 2 is 1.53 bits per heavy atom. The standard InChI is InChI=1S/C14H10F2O/c1-9-2-4-11(15)6-13(9)14-7-12(16)5-3-10(14)8-17/h2-8H,1H3. The Labute approximate surface area is 97.7 Å². The molecule has 0 aromatic heterocycles. The van der Waals surface area contributed by atoms with Crippen molar-refractivity contribution in [3.63, 3.8) is 0 Å². The lowest BCUT2D eigenvalue weighted by atomic mass is 9.96. The van der Waals surface area contributed by atoms with Gasteiger partial charge in [0.2, 0.25) is 0 Å². The zero-order chi connectivity index (χ0) is 12.4. The van der Waals surface area contributed by atoms with Gasteiger partial charge in [0, 0.05) is 5.56 Å². The van der Waals surface area contributed by atoms with E-state index in [1.807, 2.05) is 0 Å². The van der Waals surface area contributed by atoms with Crippen molar-refractivity contribution in [3.8, 4) is 11.1 Å². The van der Waals surface area contributed by atoms with Crippen molar-refractivity contribution in [1.29, 1.82) is 0 Å². The van der Waals surface area contributed by atoms with Gasteiger partial charge in [0.1, 0.15) is 11.6 Å². The van der Waals surface area contributed by atoms with Crippen LogP contribution in [0.5, 0.6) is 0 Å². The van der Waals surface area contributed by atoms with E-state index in [1.54, 1.807) is 13.0 Å². The highest BCUT2D eigenvalue weighted by Crippen LogP contribution is 2.27. The van der Waals surface area contributed by atoms with E-state index in [1.165, 1.54) is 30.3 Å². The highest BCUT2D eigenvalue weighted by atomic mass is 19.1. The largest absolute Gasteiger partial charge is 0.298 e. The van der Waals surface area contributed by atoms with Crippen LogP contribution in [0.4, 0.5) is 8.78 Å². The first-order valence-corrected chi connectivity index (χ1v) is 5.13. The van der Waals surface area contributed by atoms with E-state index < -0.39 is 11.6 Å². The summed E-state index contributed by atoms with van der Waals surface area (Å²) in [7, 11) is 0. The van der Waals surface area contributed by atoms with Gasteiger partial charge in [0.05, 0.1) is 0 Å². The molecule has 0 atom stereocenters. The van der Waals surface area contributed by atoms with Gasteiger partial charge in [0.25, 0.3) is 0 Å². The highest BCUT2D eigenvalue weighted by molar-refractivity contribution is 5.88. The minimum Gasteiger partial charge on any atom is -0.298 e. The lowest BCUT2D eigenvalue weighted by molar-refractivity contribution is 0.112. The predicted octanol–water partition coefficient (Wildman–Crippen LogP) is 3.75. The Kier molecular flexibility index (Phi) is 3.00. The number of aldehydes is 1. The second kappa shape index (κ2) is 4.45. The molecule has 2 rings (SSSR count). The van der Waals surface area contributed by atoms with Gasteiger partial charge in [0.15, 0.2) is 6.29 Å². The number of hydrogen-bond donors (Lipinski definition) is 0. The summed E-state index contributed by atoms with van der Waals surface area (Å²) in [6.45, 7) is 1.79. The normalized spacial score (nSPS) is 10.3. The molecule has 0 bridgehead atoms. The van der Waals surface area contributed by atoms with Gasteiger partial charge in [-0.05, 0) is 53.9 Å². The van der Waals surface area contributed by atoms with Gasteiger partial charge in [-0.15, -0.1) is 0 Å². The second-order valence-corrected chi connectivity index (χ2v) is 3.81. The maximum atomic E-state index is 13.2. The molecule has 0 saturated heterocycles. The van der Waals surface area contributed by atoms with Gasteiger partial charge in [-0.3, -0.25) is 4.79 Å². The van der Waals surface area contributed by atoms with E-state index in [2.05, 4.69) is 0 Å².